The van der Waals surface area contributed by atoms with Gasteiger partial charge in [-0.05, 0) is 25.0 Å². The third kappa shape index (κ3) is 3.05. The van der Waals surface area contributed by atoms with Crippen LogP contribution >= 0.6 is 7.95 Å². The number of hydrogen-bond acceptors (Lipinski definition) is 6. The number of benzene rings is 1. The van der Waals surface area contributed by atoms with Crippen molar-refractivity contribution in [2.75, 3.05) is 11.6 Å². The molecule has 2 rings (SSSR count). The number of carbonyl (C=O) groups is 1. The summed E-state index contributed by atoms with van der Waals surface area (Å²) in [6.07, 6.45) is 0.842. The number of non-ortho nitro benzene ring substituents is 1. The lowest BCUT2D eigenvalue weighted by atomic mass is 10.1. The molecule has 1 amide bonds. The number of nitro groups is 1. The van der Waals surface area contributed by atoms with Gasteiger partial charge < -0.3 is 15.4 Å². The molecule has 9 nitrogen and oxygen atoms in total. The van der Waals surface area contributed by atoms with Gasteiger partial charge in [-0.1, -0.05) is 0 Å². The number of anilines is 1. The van der Waals surface area contributed by atoms with Gasteiger partial charge in [0, 0.05) is 24.4 Å². The third-order valence-corrected chi connectivity index (χ3v) is 5.14. The van der Waals surface area contributed by atoms with Crippen LogP contribution in [0, 0.1) is 10.1 Å². The van der Waals surface area contributed by atoms with E-state index in [0.717, 1.165) is 5.01 Å². The fourth-order valence-corrected chi connectivity index (χ4v) is 3.51. The zero-order chi connectivity index (χ0) is 15.6. The minimum Gasteiger partial charge on any atom is -0.337 e. The molecule has 1 fully saturated rings. The number of nitrogens with one attached hydrogen (secondary N) is 1. The Kier molecular flexibility index (Phi) is 4.26. The van der Waals surface area contributed by atoms with Crippen LogP contribution in [0.1, 0.15) is 12.8 Å². The first-order chi connectivity index (χ1) is 9.84. The highest BCUT2D eigenvalue weighted by molar-refractivity contribution is 7.49. The standard InChI is InChI=1S/C11H16N5O4P/c12-11(6-1-7-15(13)10(11)17)21(20)14-8-2-4-9(5-3-8)16(18)19/h2-5,21H,1,6-7,12-13H2,(H,14,20)/t11-/m0/s1. The number of carbonyl (C=O) groups excluding carboxylic acids is 1. The summed E-state index contributed by atoms with van der Waals surface area (Å²) in [6, 6.07) is 5.38. The maximum Gasteiger partial charge on any atom is 0.269 e. The highest BCUT2D eigenvalue weighted by atomic mass is 31.1. The molecule has 10 heteroatoms. The molecular formula is C11H16N5O4P. The van der Waals surface area contributed by atoms with Crippen LogP contribution in [-0.2, 0) is 9.36 Å². The highest BCUT2D eigenvalue weighted by Gasteiger charge is 2.45. The zero-order valence-corrected chi connectivity index (χ0v) is 12.1. The summed E-state index contributed by atoms with van der Waals surface area (Å²) in [6.45, 7) is 0.379. The van der Waals surface area contributed by atoms with Crippen molar-refractivity contribution in [3.05, 3.63) is 34.4 Å². The summed E-state index contributed by atoms with van der Waals surface area (Å²) in [7, 11) is -2.72. The molecule has 1 aliphatic rings. The Labute approximate surface area is 121 Å². The maximum absolute atomic E-state index is 12.4. The highest BCUT2D eigenvalue weighted by Crippen LogP contribution is 2.41. The molecule has 1 heterocycles. The van der Waals surface area contributed by atoms with Crippen molar-refractivity contribution in [1.82, 2.24) is 5.01 Å². The first-order valence-corrected chi connectivity index (χ1v) is 7.67. The van der Waals surface area contributed by atoms with Crippen LogP contribution in [0.3, 0.4) is 0 Å². The topological polar surface area (TPSA) is 145 Å². The Morgan fingerprint density at radius 3 is 2.57 bits per heavy atom. The van der Waals surface area contributed by atoms with E-state index in [4.69, 9.17) is 11.6 Å². The number of amides is 1. The van der Waals surface area contributed by atoms with Crippen LogP contribution in [-0.4, -0.2) is 27.7 Å². The Morgan fingerprint density at radius 2 is 2.00 bits per heavy atom. The van der Waals surface area contributed by atoms with Gasteiger partial charge in [-0.2, -0.15) is 0 Å². The van der Waals surface area contributed by atoms with Gasteiger partial charge in [0.05, 0.1) is 4.92 Å². The van der Waals surface area contributed by atoms with E-state index in [2.05, 4.69) is 5.09 Å². The number of nitro benzene ring substituents is 1. The summed E-state index contributed by atoms with van der Waals surface area (Å²) >= 11 is 0. The molecule has 1 unspecified atom stereocenters. The van der Waals surface area contributed by atoms with E-state index < -0.39 is 24.1 Å². The Balaban J connectivity index is 2.13. The van der Waals surface area contributed by atoms with Gasteiger partial charge in [0.1, 0.15) is 0 Å². The predicted molar refractivity (Wildman–Crippen MR) is 77.8 cm³/mol. The molecule has 0 aliphatic carbocycles. The lowest BCUT2D eigenvalue weighted by Gasteiger charge is -2.36. The molecule has 114 valence electrons. The quantitative estimate of drug-likeness (QED) is 0.243. The third-order valence-electron chi connectivity index (χ3n) is 3.35. The predicted octanol–water partition coefficient (Wildman–Crippen LogP) is 0.632. The molecule has 21 heavy (non-hydrogen) atoms. The number of rotatable bonds is 4. The first-order valence-electron chi connectivity index (χ1n) is 6.26. The lowest BCUT2D eigenvalue weighted by Crippen LogP contribution is -2.59. The van der Waals surface area contributed by atoms with Crippen molar-refractivity contribution in [1.29, 1.82) is 0 Å². The average Bonchev–Trinajstić information content (AvgIpc) is 2.45. The summed E-state index contributed by atoms with van der Waals surface area (Å²) in [5.41, 5.74) is 6.27. The Morgan fingerprint density at radius 1 is 1.38 bits per heavy atom. The zero-order valence-electron chi connectivity index (χ0n) is 11.1. The molecule has 0 spiro atoms. The van der Waals surface area contributed by atoms with Crippen LogP contribution in [0.5, 0.6) is 0 Å². The van der Waals surface area contributed by atoms with Gasteiger partial charge in [-0.3, -0.25) is 19.9 Å². The van der Waals surface area contributed by atoms with Crippen molar-refractivity contribution in [2.24, 2.45) is 11.6 Å². The van der Waals surface area contributed by atoms with Gasteiger partial charge in [-0.15, -0.1) is 0 Å². The van der Waals surface area contributed by atoms with Gasteiger partial charge >= 0.3 is 0 Å². The van der Waals surface area contributed by atoms with Crippen molar-refractivity contribution in [3.63, 3.8) is 0 Å². The largest absolute Gasteiger partial charge is 0.337 e. The molecule has 2 atom stereocenters. The van der Waals surface area contributed by atoms with E-state index in [1.54, 1.807) is 0 Å². The van der Waals surface area contributed by atoms with Crippen molar-refractivity contribution >= 4 is 25.2 Å². The number of nitrogens with two attached hydrogens (primary N) is 2. The van der Waals surface area contributed by atoms with Gasteiger partial charge in [0.15, 0.2) is 13.2 Å². The van der Waals surface area contributed by atoms with Gasteiger partial charge in [-0.25, -0.2) is 5.84 Å². The second-order valence-electron chi connectivity index (χ2n) is 4.83. The molecule has 0 radical (unpaired) electrons. The van der Waals surface area contributed by atoms with Crippen LogP contribution in [0.2, 0.25) is 0 Å². The number of piperidine rings is 1. The van der Waals surface area contributed by atoms with Crippen molar-refractivity contribution in [3.8, 4) is 0 Å². The monoisotopic (exact) mass is 313 g/mol. The first kappa shape index (κ1) is 15.4. The minimum atomic E-state index is -2.72. The van der Waals surface area contributed by atoms with E-state index in [1.165, 1.54) is 24.3 Å². The fraction of sp³-hybridized carbons (Fsp3) is 0.364. The SMILES string of the molecule is NN1CCC[C@](N)([PH](=O)Nc2ccc([N+](=O)[O-])cc2)C1=O. The fourth-order valence-electron chi connectivity index (χ4n) is 2.11. The second-order valence-corrected chi connectivity index (χ2v) is 6.63. The molecule has 0 saturated carbocycles. The van der Waals surface area contributed by atoms with E-state index in [1.807, 2.05) is 0 Å². The van der Waals surface area contributed by atoms with Crippen molar-refractivity contribution < 1.29 is 14.3 Å². The Bertz CT molecular complexity index is 593. The summed E-state index contributed by atoms with van der Waals surface area (Å²) in [4.78, 5) is 22.0. The average molecular weight is 313 g/mol. The molecule has 1 saturated heterocycles. The molecule has 0 bridgehead atoms. The van der Waals surface area contributed by atoms with Crippen LogP contribution < -0.4 is 16.7 Å². The minimum absolute atomic E-state index is 0.0791. The van der Waals surface area contributed by atoms with Gasteiger partial charge in [0.2, 0.25) is 0 Å². The molecule has 0 aromatic heterocycles. The smallest absolute Gasteiger partial charge is 0.269 e. The maximum atomic E-state index is 12.4. The second kappa shape index (κ2) is 5.80. The van der Waals surface area contributed by atoms with Crippen LogP contribution in [0.4, 0.5) is 11.4 Å². The van der Waals surface area contributed by atoms with E-state index in [-0.39, 0.29) is 12.1 Å². The van der Waals surface area contributed by atoms with E-state index >= 15 is 0 Å². The summed E-state index contributed by atoms with van der Waals surface area (Å²) < 4.78 is 12.4. The molecular weight excluding hydrogens is 297 g/mol. The lowest BCUT2D eigenvalue weighted by molar-refractivity contribution is -0.384. The number of hydrogen-bond donors (Lipinski definition) is 3. The molecule has 5 N–H and O–H groups in total. The number of nitrogens with zero attached hydrogens (tertiary/aromatic N) is 2. The molecule has 1 aromatic rings. The number of hydrazine groups is 1. The summed E-state index contributed by atoms with van der Waals surface area (Å²) in [5.74, 6) is 4.95. The van der Waals surface area contributed by atoms with E-state index in [0.29, 0.717) is 18.7 Å². The molecule has 1 aliphatic heterocycles. The Hall–Kier alpha value is -1.96. The normalized spacial score (nSPS) is 23.7. The van der Waals surface area contributed by atoms with Crippen LogP contribution in [0.15, 0.2) is 24.3 Å². The molecule has 1 aromatic carbocycles. The van der Waals surface area contributed by atoms with Gasteiger partial charge in [0.25, 0.3) is 11.6 Å². The van der Waals surface area contributed by atoms with Crippen molar-refractivity contribution in [2.45, 2.75) is 18.1 Å². The van der Waals surface area contributed by atoms with E-state index in [9.17, 15) is 19.5 Å². The summed E-state index contributed by atoms with van der Waals surface area (Å²) in [5, 5.41) is 12.7. The van der Waals surface area contributed by atoms with Crippen LogP contribution in [0.25, 0.3) is 0 Å².